The molecule has 2 aliphatic rings. The van der Waals surface area contributed by atoms with Gasteiger partial charge in [-0.1, -0.05) is 18.2 Å². The van der Waals surface area contributed by atoms with Crippen LogP contribution in [0.2, 0.25) is 0 Å². The molecule has 0 atom stereocenters. The molecule has 0 saturated carbocycles. The van der Waals surface area contributed by atoms with E-state index in [0.717, 1.165) is 65.3 Å². The molecule has 0 amide bonds. The van der Waals surface area contributed by atoms with Gasteiger partial charge >= 0.3 is 0 Å². The number of ether oxygens (including phenoxy) is 1. The Bertz CT molecular complexity index is 423. The standard InChI is InChI=1S/C17H27N3O/c18-14-17(6-12-21-13-7-17)15-19-8-10-20(11-9-19)16-4-2-1-3-5-16/h1-5H,6-15,18H2. The maximum atomic E-state index is 6.08. The van der Waals surface area contributed by atoms with Crippen LogP contribution in [0.3, 0.4) is 0 Å². The number of hydrogen-bond acceptors (Lipinski definition) is 4. The highest BCUT2D eigenvalue weighted by Gasteiger charge is 2.34. The van der Waals surface area contributed by atoms with Crippen LogP contribution < -0.4 is 10.6 Å². The highest BCUT2D eigenvalue weighted by molar-refractivity contribution is 5.46. The van der Waals surface area contributed by atoms with Crippen LogP contribution in [0.15, 0.2) is 30.3 Å². The molecule has 2 saturated heterocycles. The zero-order valence-corrected chi connectivity index (χ0v) is 12.8. The summed E-state index contributed by atoms with van der Waals surface area (Å²) >= 11 is 0. The lowest BCUT2D eigenvalue weighted by atomic mass is 9.79. The number of piperazine rings is 1. The Morgan fingerprint density at radius 3 is 2.29 bits per heavy atom. The summed E-state index contributed by atoms with van der Waals surface area (Å²) < 4.78 is 5.51. The van der Waals surface area contributed by atoms with Gasteiger partial charge in [0.25, 0.3) is 0 Å². The maximum Gasteiger partial charge on any atom is 0.0472 e. The van der Waals surface area contributed by atoms with Gasteiger partial charge < -0.3 is 15.4 Å². The molecule has 0 unspecified atom stereocenters. The second-order valence-corrected chi connectivity index (χ2v) is 6.42. The molecule has 2 heterocycles. The molecule has 0 spiro atoms. The van der Waals surface area contributed by atoms with Gasteiger partial charge in [0.05, 0.1) is 0 Å². The lowest BCUT2D eigenvalue weighted by molar-refractivity contribution is -0.000890. The largest absolute Gasteiger partial charge is 0.381 e. The predicted molar refractivity (Wildman–Crippen MR) is 86.6 cm³/mol. The van der Waals surface area contributed by atoms with Gasteiger partial charge in [0, 0.05) is 51.6 Å². The number of anilines is 1. The molecule has 1 aromatic rings. The van der Waals surface area contributed by atoms with Crippen molar-refractivity contribution in [2.45, 2.75) is 12.8 Å². The van der Waals surface area contributed by atoms with Gasteiger partial charge in [-0.05, 0) is 36.9 Å². The number of hydrogen-bond donors (Lipinski definition) is 1. The van der Waals surface area contributed by atoms with Crippen LogP contribution in [-0.2, 0) is 4.74 Å². The topological polar surface area (TPSA) is 41.7 Å². The Morgan fingerprint density at radius 2 is 1.67 bits per heavy atom. The summed E-state index contributed by atoms with van der Waals surface area (Å²) in [6, 6.07) is 10.7. The van der Waals surface area contributed by atoms with Crippen molar-refractivity contribution in [1.82, 2.24) is 4.90 Å². The third-order valence-electron chi connectivity index (χ3n) is 5.04. The SMILES string of the molecule is NCC1(CN2CCN(c3ccccc3)CC2)CCOCC1. The van der Waals surface area contributed by atoms with E-state index in [1.54, 1.807) is 0 Å². The van der Waals surface area contributed by atoms with Crippen molar-refractivity contribution in [3.05, 3.63) is 30.3 Å². The Morgan fingerprint density at radius 1 is 1.00 bits per heavy atom. The number of rotatable bonds is 4. The average Bonchev–Trinajstić information content (AvgIpc) is 2.57. The van der Waals surface area contributed by atoms with E-state index in [1.165, 1.54) is 5.69 Å². The van der Waals surface area contributed by atoms with E-state index in [-0.39, 0.29) is 5.41 Å². The number of para-hydroxylation sites is 1. The lowest BCUT2D eigenvalue weighted by Gasteiger charge is -2.43. The normalized spacial score (nSPS) is 23.2. The van der Waals surface area contributed by atoms with Gasteiger partial charge in [-0.3, -0.25) is 4.90 Å². The smallest absolute Gasteiger partial charge is 0.0472 e. The minimum atomic E-state index is 0.285. The van der Waals surface area contributed by atoms with E-state index in [1.807, 2.05) is 0 Å². The Hall–Kier alpha value is -1.10. The molecule has 2 N–H and O–H groups in total. The first-order valence-electron chi connectivity index (χ1n) is 8.12. The molecule has 0 bridgehead atoms. The van der Waals surface area contributed by atoms with Gasteiger partial charge in [-0.2, -0.15) is 0 Å². The molecule has 4 heteroatoms. The molecule has 1 aromatic carbocycles. The quantitative estimate of drug-likeness (QED) is 0.913. The van der Waals surface area contributed by atoms with E-state index < -0.39 is 0 Å². The van der Waals surface area contributed by atoms with Gasteiger partial charge in [0.1, 0.15) is 0 Å². The molecule has 0 radical (unpaired) electrons. The summed E-state index contributed by atoms with van der Waals surface area (Å²) in [4.78, 5) is 5.08. The van der Waals surface area contributed by atoms with E-state index in [0.29, 0.717) is 0 Å². The first kappa shape index (κ1) is 14.8. The first-order valence-corrected chi connectivity index (χ1v) is 8.12. The molecular formula is C17H27N3O. The van der Waals surface area contributed by atoms with E-state index in [9.17, 15) is 0 Å². The van der Waals surface area contributed by atoms with Crippen LogP contribution in [0.25, 0.3) is 0 Å². The van der Waals surface area contributed by atoms with Crippen molar-refractivity contribution in [3.8, 4) is 0 Å². The molecule has 3 rings (SSSR count). The monoisotopic (exact) mass is 289 g/mol. The zero-order valence-electron chi connectivity index (χ0n) is 12.8. The first-order chi connectivity index (χ1) is 10.3. The molecule has 2 fully saturated rings. The zero-order chi connectivity index (χ0) is 14.5. The third kappa shape index (κ3) is 3.57. The summed E-state index contributed by atoms with van der Waals surface area (Å²) in [6.45, 7) is 8.17. The molecular weight excluding hydrogens is 262 g/mol. The lowest BCUT2D eigenvalue weighted by Crippen LogP contribution is -2.52. The fourth-order valence-corrected chi connectivity index (χ4v) is 3.51. The Kier molecular flexibility index (Phi) is 4.78. The Labute approximate surface area is 127 Å². The minimum Gasteiger partial charge on any atom is -0.381 e. The summed E-state index contributed by atoms with van der Waals surface area (Å²) in [7, 11) is 0. The van der Waals surface area contributed by atoms with E-state index in [4.69, 9.17) is 10.5 Å². The van der Waals surface area contributed by atoms with Crippen molar-refractivity contribution in [1.29, 1.82) is 0 Å². The van der Waals surface area contributed by atoms with Crippen molar-refractivity contribution in [2.24, 2.45) is 11.1 Å². The highest BCUT2D eigenvalue weighted by Crippen LogP contribution is 2.31. The van der Waals surface area contributed by atoms with Gasteiger partial charge in [-0.15, -0.1) is 0 Å². The van der Waals surface area contributed by atoms with Crippen LogP contribution in [0.4, 0.5) is 5.69 Å². The second-order valence-electron chi connectivity index (χ2n) is 6.42. The van der Waals surface area contributed by atoms with Crippen molar-refractivity contribution < 1.29 is 4.74 Å². The fourth-order valence-electron chi connectivity index (χ4n) is 3.51. The average molecular weight is 289 g/mol. The summed E-state index contributed by atoms with van der Waals surface area (Å²) in [5.74, 6) is 0. The number of nitrogens with two attached hydrogens (primary N) is 1. The molecule has 21 heavy (non-hydrogen) atoms. The molecule has 2 aliphatic heterocycles. The second kappa shape index (κ2) is 6.77. The molecule has 0 aliphatic carbocycles. The van der Waals surface area contributed by atoms with Crippen LogP contribution in [0.5, 0.6) is 0 Å². The Balaban J connectivity index is 1.53. The molecule has 0 aromatic heterocycles. The number of benzene rings is 1. The fraction of sp³-hybridized carbons (Fsp3) is 0.647. The van der Waals surface area contributed by atoms with E-state index >= 15 is 0 Å². The third-order valence-corrected chi connectivity index (χ3v) is 5.04. The number of nitrogens with zero attached hydrogens (tertiary/aromatic N) is 2. The molecule has 116 valence electrons. The van der Waals surface area contributed by atoms with Crippen molar-refractivity contribution in [2.75, 3.05) is 57.4 Å². The van der Waals surface area contributed by atoms with E-state index in [2.05, 4.69) is 40.1 Å². The molecule has 4 nitrogen and oxygen atoms in total. The van der Waals surface area contributed by atoms with Crippen molar-refractivity contribution >= 4 is 5.69 Å². The van der Waals surface area contributed by atoms with Crippen LogP contribution in [-0.4, -0.2) is 57.4 Å². The maximum absolute atomic E-state index is 6.08. The van der Waals surface area contributed by atoms with Gasteiger partial charge in [-0.25, -0.2) is 0 Å². The minimum absolute atomic E-state index is 0.285. The van der Waals surface area contributed by atoms with Crippen LogP contribution in [0, 0.1) is 5.41 Å². The van der Waals surface area contributed by atoms with Crippen molar-refractivity contribution in [3.63, 3.8) is 0 Å². The summed E-state index contributed by atoms with van der Waals surface area (Å²) in [5.41, 5.74) is 7.71. The summed E-state index contributed by atoms with van der Waals surface area (Å²) in [5, 5.41) is 0. The van der Waals surface area contributed by atoms with Crippen LogP contribution in [0.1, 0.15) is 12.8 Å². The van der Waals surface area contributed by atoms with Gasteiger partial charge in [0.2, 0.25) is 0 Å². The highest BCUT2D eigenvalue weighted by atomic mass is 16.5. The predicted octanol–water partition coefficient (Wildman–Crippen LogP) is 1.56. The summed E-state index contributed by atoms with van der Waals surface area (Å²) in [6.07, 6.45) is 2.23. The van der Waals surface area contributed by atoms with Gasteiger partial charge in [0.15, 0.2) is 0 Å². The van der Waals surface area contributed by atoms with Crippen LogP contribution >= 0.6 is 0 Å².